The lowest BCUT2D eigenvalue weighted by Crippen LogP contribution is -1.97. The van der Waals surface area contributed by atoms with Crippen molar-refractivity contribution in [3.63, 3.8) is 0 Å². The monoisotopic (exact) mass is 649 g/mol. The Balaban J connectivity index is 1.28. The molecule has 51 heavy (non-hydrogen) atoms. The van der Waals surface area contributed by atoms with Crippen molar-refractivity contribution in [3.05, 3.63) is 188 Å². The maximum absolute atomic E-state index is 5.27. The van der Waals surface area contributed by atoms with Gasteiger partial charge in [0.25, 0.3) is 0 Å². The van der Waals surface area contributed by atoms with Crippen molar-refractivity contribution in [2.75, 3.05) is 0 Å². The Kier molecular flexibility index (Phi) is 6.81. The summed E-state index contributed by atoms with van der Waals surface area (Å²) in [6.45, 7) is 0. The highest BCUT2D eigenvalue weighted by Crippen LogP contribution is 2.41. The quantitative estimate of drug-likeness (QED) is 0.174. The normalized spacial score (nSPS) is 11.5. The molecule has 0 aliphatic rings. The lowest BCUT2D eigenvalue weighted by Gasteiger charge is -2.12. The van der Waals surface area contributed by atoms with Gasteiger partial charge in [-0.25, -0.2) is 9.97 Å². The van der Waals surface area contributed by atoms with Gasteiger partial charge in [-0.05, 0) is 69.1 Å². The molecular formula is C48H31N3. The van der Waals surface area contributed by atoms with E-state index >= 15 is 0 Å². The molecule has 3 nitrogen and oxygen atoms in total. The lowest BCUT2D eigenvalue weighted by molar-refractivity contribution is 1.18. The first-order valence-electron chi connectivity index (χ1n) is 17.3. The van der Waals surface area contributed by atoms with E-state index in [-0.39, 0.29) is 0 Å². The second kappa shape index (κ2) is 11.9. The van der Waals surface area contributed by atoms with E-state index in [1.165, 1.54) is 32.7 Å². The largest absolute Gasteiger partial charge is 0.309 e. The van der Waals surface area contributed by atoms with E-state index in [4.69, 9.17) is 9.97 Å². The summed E-state index contributed by atoms with van der Waals surface area (Å²) in [6.07, 6.45) is 0. The van der Waals surface area contributed by atoms with E-state index in [0.717, 1.165) is 55.6 Å². The zero-order chi connectivity index (χ0) is 33.7. The van der Waals surface area contributed by atoms with Gasteiger partial charge in [0.05, 0.1) is 22.4 Å². The van der Waals surface area contributed by atoms with Crippen molar-refractivity contribution in [2.24, 2.45) is 0 Å². The highest BCUT2D eigenvalue weighted by atomic mass is 15.0. The number of rotatable bonds is 5. The van der Waals surface area contributed by atoms with Crippen LogP contribution >= 0.6 is 0 Å². The second-order valence-corrected chi connectivity index (χ2v) is 13.0. The van der Waals surface area contributed by atoms with Gasteiger partial charge >= 0.3 is 0 Å². The average molecular weight is 650 g/mol. The molecule has 0 saturated heterocycles. The Morgan fingerprint density at radius 3 is 1.67 bits per heavy atom. The number of nitrogens with zero attached hydrogens (tertiary/aromatic N) is 3. The van der Waals surface area contributed by atoms with Gasteiger partial charge < -0.3 is 4.57 Å². The van der Waals surface area contributed by atoms with Crippen LogP contribution in [-0.2, 0) is 0 Å². The SMILES string of the molecule is c1ccc(-c2ccc3c(c2)c2c(-c4nc(-c5ccccc5)cc(-c5ccccc5)n4)cccc2n3-c2ccc3ccc4ccccc4c3c2)cc1. The molecule has 0 atom stereocenters. The summed E-state index contributed by atoms with van der Waals surface area (Å²) in [7, 11) is 0. The highest BCUT2D eigenvalue weighted by molar-refractivity contribution is 6.17. The average Bonchev–Trinajstić information content (AvgIpc) is 3.55. The van der Waals surface area contributed by atoms with Crippen LogP contribution in [0.5, 0.6) is 0 Å². The number of aromatic nitrogens is 3. The third kappa shape index (κ3) is 4.98. The molecule has 0 spiro atoms. The van der Waals surface area contributed by atoms with Gasteiger partial charge in [-0.15, -0.1) is 0 Å². The fourth-order valence-corrected chi connectivity index (χ4v) is 7.56. The Hall–Kier alpha value is -6.84. The predicted octanol–water partition coefficient (Wildman–Crippen LogP) is 12.5. The van der Waals surface area contributed by atoms with Crippen LogP contribution in [0, 0.1) is 0 Å². The van der Waals surface area contributed by atoms with Crippen LogP contribution < -0.4 is 0 Å². The minimum Gasteiger partial charge on any atom is -0.309 e. The first-order chi connectivity index (χ1) is 25.3. The van der Waals surface area contributed by atoms with Crippen LogP contribution in [0.2, 0.25) is 0 Å². The molecule has 10 aromatic rings. The molecule has 0 amide bonds. The number of benzene rings is 8. The van der Waals surface area contributed by atoms with Gasteiger partial charge in [0, 0.05) is 33.2 Å². The topological polar surface area (TPSA) is 30.7 Å². The maximum Gasteiger partial charge on any atom is 0.161 e. The summed E-state index contributed by atoms with van der Waals surface area (Å²) >= 11 is 0. The van der Waals surface area contributed by atoms with Crippen LogP contribution in [0.1, 0.15) is 0 Å². The first kappa shape index (κ1) is 29.1. The zero-order valence-corrected chi connectivity index (χ0v) is 27.7. The minimum atomic E-state index is 0.703. The predicted molar refractivity (Wildman–Crippen MR) is 213 cm³/mol. The molecule has 0 bridgehead atoms. The zero-order valence-electron chi connectivity index (χ0n) is 27.7. The molecular weight excluding hydrogens is 619 g/mol. The Morgan fingerprint density at radius 2 is 0.961 bits per heavy atom. The molecule has 2 heterocycles. The molecule has 0 aliphatic heterocycles. The number of hydrogen-bond donors (Lipinski definition) is 0. The first-order valence-corrected chi connectivity index (χ1v) is 17.3. The van der Waals surface area contributed by atoms with Gasteiger partial charge in [-0.1, -0.05) is 152 Å². The summed E-state index contributed by atoms with van der Waals surface area (Å²) in [6, 6.07) is 66.8. The Bertz CT molecular complexity index is 2830. The smallest absolute Gasteiger partial charge is 0.161 e. The molecule has 2 aromatic heterocycles. The summed E-state index contributed by atoms with van der Waals surface area (Å²) in [4.78, 5) is 10.5. The van der Waals surface area contributed by atoms with Gasteiger partial charge in [-0.2, -0.15) is 0 Å². The summed E-state index contributed by atoms with van der Waals surface area (Å²) in [5, 5.41) is 7.25. The number of hydrogen-bond acceptors (Lipinski definition) is 2. The van der Waals surface area contributed by atoms with Crippen LogP contribution in [-0.4, -0.2) is 14.5 Å². The minimum absolute atomic E-state index is 0.703. The van der Waals surface area contributed by atoms with Gasteiger partial charge in [-0.3, -0.25) is 0 Å². The van der Waals surface area contributed by atoms with Gasteiger partial charge in [0.1, 0.15) is 0 Å². The van der Waals surface area contributed by atoms with Crippen LogP contribution in [0.4, 0.5) is 0 Å². The standard InChI is InChI=1S/C48H31N3/c1-4-13-32(14-5-1)37-26-28-45-42(29-37)47-40(48-49-43(35-16-6-2-7-17-35)31-44(50-48)36-18-8-3-9-19-36)21-12-22-46(47)51(45)38-27-25-34-24-23-33-15-10-11-20-39(33)41(34)30-38/h1-31H. The van der Waals surface area contributed by atoms with E-state index in [2.05, 4.69) is 180 Å². The molecule has 3 heteroatoms. The third-order valence-electron chi connectivity index (χ3n) is 9.99. The molecule has 0 aliphatic carbocycles. The van der Waals surface area contributed by atoms with Gasteiger partial charge in [0.15, 0.2) is 5.82 Å². The van der Waals surface area contributed by atoms with Gasteiger partial charge in [0.2, 0.25) is 0 Å². The lowest BCUT2D eigenvalue weighted by atomic mass is 10.00. The fraction of sp³-hybridized carbons (Fsp3) is 0. The Morgan fingerprint density at radius 1 is 0.353 bits per heavy atom. The maximum atomic E-state index is 5.27. The summed E-state index contributed by atoms with van der Waals surface area (Å²) in [5.41, 5.74) is 10.6. The van der Waals surface area contributed by atoms with E-state index in [1.54, 1.807) is 0 Å². The van der Waals surface area contributed by atoms with Crippen molar-refractivity contribution in [3.8, 4) is 50.7 Å². The van der Waals surface area contributed by atoms with Crippen molar-refractivity contribution in [2.45, 2.75) is 0 Å². The summed E-state index contributed by atoms with van der Waals surface area (Å²) < 4.78 is 2.41. The summed E-state index contributed by atoms with van der Waals surface area (Å²) in [5.74, 6) is 0.703. The Labute approximate surface area is 295 Å². The van der Waals surface area contributed by atoms with Crippen LogP contribution in [0.3, 0.4) is 0 Å². The number of fused-ring (bicyclic) bond motifs is 6. The van der Waals surface area contributed by atoms with Crippen LogP contribution in [0.15, 0.2) is 188 Å². The van der Waals surface area contributed by atoms with E-state index < -0.39 is 0 Å². The van der Waals surface area contributed by atoms with Crippen LogP contribution in [0.25, 0.3) is 94.1 Å². The fourth-order valence-electron chi connectivity index (χ4n) is 7.56. The van der Waals surface area contributed by atoms with Crippen molar-refractivity contribution >= 4 is 43.4 Å². The molecule has 0 unspecified atom stereocenters. The molecule has 0 saturated carbocycles. The van der Waals surface area contributed by atoms with Crippen molar-refractivity contribution < 1.29 is 0 Å². The molecule has 8 aromatic carbocycles. The molecule has 0 fully saturated rings. The highest BCUT2D eigenvalue weighted by Gasteiger charge is 2.20. The third-order valence-corrected chi connectivity index (χ3v) is 9.99. The molecule has 10 rings (SSSR count). The van der Waals surface area contributed by atoms with E-state index in [9.17, 15) is 0 Å². The van der Waals surface area contributed by atoms with Crippen molar-refractivity contribution in [1.82, 2.24) is 14.5 Å². The van der Waals surface area contributed by atoms with Crippen molar-refractivity contribution in [1.29, 1.82) is 0 Å². The van der Waals surface area contributed by atoms with E-state index in [1.807, 2.05) is 12.1 Å². The van der Waals surface area contributed by atoms with E-state index in [0.29, 0.717) is 5.82 Å². The molecule has 0 N–H and O–H groups in total. The molecule has 0 radical (unpaired) electrons. The molecule has 238 valence electrons. The second-order valence-electron chi connectivity index (χ2n) is 13.0.